The largest absolute Gasteiger partial charge is 0.492 e. The molecule has 0 atom stereocenters. The highest BCUT2D eigenvalue weighted by Gasteiger charge is 2.09. The Hall–Kier alpha value is -2.08. The maximum atomic E-state index is 5.90. The van der Waals surface area contributed by atoms with Crippen LogP contribution in [0.25, 0.3) is 0 Å². The smallest absolute Gasteiger partial charge is 0.233 e. The van der Waals surface area contributed by atoms with Gasteiger partial charge in [-0.25, -0.2) is 0 Å². The number of nitrogens with zero attached hydrogens (tertiary/aromatic N) is 4. The number of halogens is 1. The summed E-state index contributed by atoms with van der Waals surface area (Å²) >= 11 is 5.90. The van der Waals surface area contributed by atoms with Crippen LogP contribution in [0.5, 0.6) is 5.75 Å². The van der Waals surface area contributed by atoms with E-state index in [1.165, 1.54) is 0 Å². The highest BCUT2D eigenvalue weighted by molar-refractivity contribution is 6.28. The van der Waals surface area contributed by atoms with E-state index in [1.807, 2.05) is 45.3 Å². The normalized spacial score (nSPS) is 10.2. The van der Waals surface area contributed by atoms with E-state index in [2.05, 4.69) is 20.3 Å². The van der Waals surface area contributed by atoms with Crippen molar-refractivity contribution in [2.45, 2.75) is 6.92 Å². The highest BCUT2D eigenvalue weighted by atomic mass is 35.5. The lowest BCUT2D eigenvalue weighted by molar-refractivity contribution is 0.342. The van der Waals surface area contributed by atoms with Crippen molar-refractivity contribution in [3.63, 3.8) is 0 Å². The average molecular weight is 294 g/mol. The van der Waals surface area contributed by atoms with Crippen LogP contribution in [0.1, 0.15) is 6.92 Å². The number of ether oxygens (including phenoxy) is 1. The molecule has 0 amide bonds. The van der Waals surface area contributed by atoms with Gasteiger partial charge in [0.15, 0.2) is 0 Å². The number of hydrogen-bond donors (Lipinski definition) is 1. The molecule has 0 radical (unpaired) electrons. The van der Waals surface area contributed by atoms with Crippen molar-refractivity contribution in [3.8, 4) is 5.75 Å². The molecule has 20 heavy (non-hydrogen) atoms. The van der Waals surface area contributed by atoms with Crippen LogP contribution in [-0.4, -0.2) is 35.7 Å². The molecule has 0 unspecified atom stereocenters. The zero-order chi connectivity index (χ0) is 14.5. The summed E-state index contributed by atoms with van der Waals surface area (Å²) in [6, 6.07) is 7.57. The Morgan fingerprint density at radius 2 is 1.95 bits per heavy atom. The molecule has 2 rings (SSSR count). The molecule has 0 aliphatic rings. The Morgan fingerprint density at radius 3 is 2.65 bits per heavy atom. The summed E-state index contributed by atoms with van der Waals surface area (Å²) in [7, 11) is 3.67. The summed E-state index contributed by atoms with van der Waals surface area (Å²) in [6.45, 7) is 2.51. The van der Waals surface area contributed by atoms with Crippen molar-refractivity contribution in [2.24, 2.45) is 0 Å². The van der Waals surface area contributed by atoms with Gasteiger partial charge in [0.2, 0.25) is 17.2 Å². The molecule has 1 heterocycles. The number of rotatable bonds is 5. The van der Waals surface area contributed by atoms with Crippen molar-refractivity contribution in [3.05, 3.63) is 29.5 Å². The molecule has 1 aromatic carbocycles. The lowest BCUT2D eigenvalue weighted by Crippen LogP contribution is -2.14. The number of hydrogen-bond acceptors (Lipinski definition) is 6. The average Bonchev–Trinajstić information content (AvgIpc) is 2.40. The molecule has 1 N–H and O–H groups in total. The predicted molar refractivity (Wildman–Crippen MR) is 80.1 cm³/mol. The van der Waals surface area contributed by atoms with Crippen molar-refractivity contribution in [1.82, 2.24) is 15.0 Å². The Morgan fingerprint density at radius 1 is 1.20 bits per heavy atom. The van der Waals surface area contributed by atoms with Crippen molar-refractivity contribution >= 4 is 29.2 Å². The number of aromatic nitrogens is 3. The van der Waals surface area contributed by atoms with Gasteiger partial charge in [0, 0.05) is 14.1 Å². The van der Waals surface area contributed by atoms with E-state index >= 15 is 0 Å². The van der Waals surface area contributed by atoms with E-state index in [4.69, 9.17) is 16.3 Å². The second-order valence-electron chi connectivity index (χ2n) is 4.18. The number of benzene rings is 1. The van der Waals surface area contributed by atoms with Crippen LogP contribution in [0.4, 0.5) is 17.6 Å². The predicted octanol–water partition coefficient (Wildman–Crippen LogP) is 2.73. The molecule has 6 nitrogen and oxygen atoms in total. The molecule has 0 fully saturated rings. The fraction of sp³-hybridized carbons (Fsp3) is 0.308. The molecule has 0 aliphatic heterocycles. The third-order valence-electron chi connectivity index (χ3n) is 2.43. The summed E-state index contributed by atoms with van der Waals surface area (Å²) in [4.78, 5) is 14.1. The first-order valence-corrected chi connectivity index (χ1v) is 6.55. The van der Waals surface area contributed by atoms with E-state index in [-0.39, 0.29) is 5.28 Å². The van der Waals surface area contributed by atoms with Gasteiger partial charge in [-0.05, 0) is 30.7 Å². The minimum atomic E-state index is 0.139. The van der Waals surface area contributed by atoms with E-state index in [9.17, 15) is 0 Å². The SMILES string of the molecule is CCOc1ccccc1Nc1nc(Cl)nc(N(C)C)n1. The highest BCUT2D eigenvalue weighted by Crippen LogP contribution is 2.26. The molecule has 0 saturated carbocycles. The molecule has 7 heteroatoms. The molecule has 0 aliphatic carbocycles. The summed E-state index contributed by atoms with van der Waals surface area (Å²) in [5.41, 5.74) is 0.779. The first-order valence-electron chi connectivity index (χ1n) is 6.18. The Bertz CT molecular complexity index is 591. The quantitative estimate of drug-likeness (QED) is 0.914. The lowest BCUT2D eigenvalue weighted by atomic mass is 10.3. The zero-order valence-corrected chi connectivity index (χ0v) is 12.3. The third kappa shape index (κ3) is 3.48. The van der Waals surface area contributed by atoms with Crippen LogP contribution < -0.4 is 15.0 Å². The third-order valence-corrected chi connectivity index (χ3v) is 2.60. The summed E-state index contributed by atoms with van der Waals surface area (Å²) in [5, 5.41) is 3.23. The molecular formula is C13H16ClN5O. The standard InChI is InChI=1S/C13H16ClN5O/c1-4-20-10-8-6-5-7-9(10)15-12-16-11(14)17-13(18-12)19(2)3/h5-8H,4H2,1-3H3,(H,15,16,17,18). The Balaban J connectivity index is 2.30. The van der Waals surface area contributed by atoms with Crippen molar-refractivity contribution < 1.29 is 4.74 Å². The van der Waals surface area contributed by atoms with Crippen molar-refractivity contribution in [2.75, 3.05) is 30.9 Å². The Kier molecular flexibility index (Phi) is 4.57. The van der Waals surface area contributed by atoms with E-state index < -0.39 is 0 Å². The fourth-order valence-electron chi connectivity index (χ4n) is 1.57. The van der Waals surface area contributed by atoms with Gasteiger partial charge in [0.1, 0.15) is 5.75 Å². The molecule has 2 aromatic rings. The van der Waals surface area contributed by atoms with Crippen LogP contribution in [-0.2, 0) is 0 Å². The number of anilines is 3. The molecule has 1 aromatic heterocycles. The van der Waals surface area contributed by atoms with Crippen LogP contribution in [0.15, 0.2) is 24.3 Å². The van der Waals surface area contributed by atoms with Gasteiger partial charge in [-0.15, -0.1) is 0 Å². The van der Waals surface area contributed by atoms with Gasteiger partial charge in [0.05, 0.1) is 12.3 Å². The van der Waals surface area contributed by atoms with Crippen LogP contribution >= 0.6 is 11.6 Å². The molecule has 106 valence electrons. The fourth-order valence-corrected chi connectivity index (χ4v) is 1.72. The van der Waals surface area contributed by atoms with Crippen LogP contribution in [0.2, 0.25) is 5.28 Å². The van der Waals surface area contributed by atoms with Gasteiger partial charge in [-0.2, -0.15) is 15.0 Å². The van der Waals surface area contributed by atoms with Gasteiger partial charge < -0.3 is 15.0 Å². The first kappa shape index (κ1) is 14.3. The second-order valence-corrected chi connectivity index (χ2v) is 4.51. The Labute approximate surface area is 122 Å². The van der Waals surface area contributed by atoms with Crippen LogP contribution in [0, 0.1) is 0 Å². The lowest BCUT2D eigenvalue weighted by Gasteiger charge is -2.13. The number of para-hydroxylation sites is 2. The topological polar surface area (TPSA) is 63.2 Å². The molecule has 0 bridgehead atoms. The van der Waals surface area contributed by atoms with Gasteiger partial charge in [-0.1, -0.05) is 12.1 Å². The molecular weight excluding hydrogens is 278 g/mol. The monoisotopic (exact) mass is 293 g/mol. The first-order chi connectivity index (χ1) is 9.60. The summed E-state index contributed by atoms with van der Waals surface area (Å²) in [5.74, 6) is 1.60. The molecule has 0 spiro atoms. The van der Waals surface area contributed by atoms with Gasteiger partial charge >= 0.3 is 0 Å². The van der Waals surface area contributed by atoms with Crippen LogP contribution in [0.3, 0.4) is 0 Å². The number of nitrogens with one attached hydrogen (secondary N) is 1. The zero-order valence-electron chi connectivity index (χ0n) is 11.6. The maximum Gasteiger partial charge on any atom is 0.233 e. The van der Waals surface area contributed by atoms with E-state index in [1.54, 1.807) is 4.90 Å². The van der Waals surface area contributed by atoms with Gasteiger partial charge in [0.25, 0.3) is 0 Å². The minimum absolute atomic E-state index is 0.139. The maximum absolute atomic E-state index is 5.90. The van der Waals surface area contributed by atoms with Crippen molar-refractivity contribution in [1.29, 1.82) is 0 Å². The van der Waals surface area contributed by atoms with Gasteiger partial charge in [-0.3, -0.25) is 0 Å². The minimum Gasteiger partial charge on any atom is -0.492 e. The second kappa shape index (κ2) is 6.38. The summed E-state index contributed by atoms with van der Waals surface area (Å²) < 4.78 is 5.54. The van der Waals surface area contributed by atoms with E-state index in [0.717, 1.165) is 11.4 Å². The molecule has 0 saturated heterocycles. The summed E-state index contributed by atoms with van der Waals surface area (Å²) in [6.07, 6.45) is 0. The van der Waals surface area contributed by atoms with E-state index in [0.29, 0.717) is 18.5 Å².